The van der Waals surface area contributed by atoms with E-state index in [0.29, 0.717) is 10.6 Å². The number of benzene rings is 1. The molecule has 0 spiro atoms. The fourth-order valence-corrected chi connectivity index (χ4v) is 0.650. The number of rotatable bonds is 0. The SMILES string of the molecule is N#Cc1ccc(Cl)cc1.O[B]O. The van der Waals surface area contributed by atoms with Crippen molar-refractivity contribution in [2.75, 3.05) is 0 Å². The number of halogens is 1. The monoisotopic (exact) mass is 182 g/mol. The van der Waals surface area contributed by atoms with Gasteiger partial charge in [0.15, 0.2) is 0 Å². The van der Waals surface area contributed by atoms with Gasteiger partial charge < -0.3 is 10.0 Å². The van der Waals surface area contributed by atoms with Gasteiger partial charge in [-0.25, -0.2) is 0 Å². The maximum atomic E-state index is 8.34. The zero-order valence-corrected chi connectivity index (χ0v) is 6.86. The van der Waals surface area contributed by atoms with Crippen molar-refractivity contribution in [3.63, 3.8) is 0 Å². The highest BCUT2D eigenvalue weighted by Crippen LogP contribution is 2.07. The first-order valence-corrected chi connectivity index (χ1v) is 3.38. The van der Waals surface area contributed by atoms with Crippen LogP contribution in [0.1, 0.15) is 5.56 Å². The zero-order valence-electron chi connectivity index (χ0n) is 6.11. The van der Waals surface area contributed by atoms with Crippen LogP contribution in [0, 0.1) is 11.3 Å². The van der Waals surface area contributed by atoms with Gasteiger partial charge in [-0.05, 0) is 24.3 Å². The Kier molecular flexibility index (Phi) is 6.11. The highest BCUT2D eigenvalue weighted by atomic mass is 35.5. The number of hydrogen-bond acceptors (Lipinski definition) is 3. The highest BCUT2D eigenvalue weighted by Gasteiger charge is 1.86. The maximum Gasteiger partial charge on any atom is 0.482 e. The minimum absolute atomic E-state index is 0. The molecule has 5 heteroatoms. The molecule has 0 saturated carbocycles. The summed E-state index contributed by atoms with van der Waals surface area (Å²) >= 11 is 5.56. The van der Waals surface area contributed by atoms with Crippen molar-refractivity contribution < 1.29 is 10.0 Å². The molecule has 0 aliphatic rings. The molecule has 0 fully saturated rings. The molecule has 0 aliphatic heterocycles. The van der Waals surface area contributed by atoms with E-state index in [-0.39, 0.29) is 7.69 Å². The van der Waals surface area contributed by atoms with Gasteiger partial charge in [0.1, 0.15) is 0 Å². The van der Waals surface area contributed by atoms with Crippen molar-refractivity contribution >= 4 is 19.3 Å². The van der Waals surface area contributed by atoms with Crippen molar-refractivity contribution in [2.24, 2.45) is 0 Å². The van der Waals surface area contributed by atoms with E-state index in [4.69, 9.17) is 26.9 Å². The molecule has 61 valence electrons. The topological polar surface area (TPSA) is 64.2 Å². The van der Waals surface area contributed by atoms with Crippen molar-refractivity contribution in [1.29, 1.82) is 5.26 Å². The van der Waals surface area contributed by atoms with E-state index in [9.17, 15) is 0 Å². The molecule has 2 N–H and O–H groups in total. The van der Waals surface area contributed by atoms with Crippen LogP contribution in [-0.4, -0.2) is 17.7 Å². The molecule has 0 saturated heterocycles. The predicted molar refractivity (Wildman–Crippen MR) is 46.4 cm³/mol. The molecule has 0 amide bonds. The molecule has 0 aromatic heterocycles. The van der Waals surface area contributed by atoms with Crippen LogP contribution < -0.4 is 0 Å². The molecule has 0 aliphatic carbocycles. The number of nitrogens with zero attached hydrogens (tertiary/aromatic N) is 1. The van der Waals surface area contributed by atoms with Crippen LogP contribution in [0.5, 0.6) is 0 Å². The summed E-state index contributed by atoms with van der Waals surface area (Å²) in [7, 11) is 0. The van der Waals surface area contributed by atoms with E-state index in [1.165, 1.54) is 0 Å². The summed E-state index contributed by atoms with van der Waals surface area (Å²) < 4.78 is 0. The quantitative estimate of drug-likeness (QED) is 0.581. The third-order valence-corrected chi connectivity index (χ3v) is 1.23. The standard InChI is InChI=1S/C7H4ClN.BH2O2/c8-7-3-1-6(5-9)2-4-7;2-1-3/h1-4H;2-3H. The van der Waals surface area contributed by atoms with E-state index in [1.807, 2.05) is 6.07 Å². The van der Waals surface area contributed by atoms with Crippen LogP contribution >= 0.6 is 11.6 Å². The summed E-state index contributed by atoms with van der Waals surface area (Å²) in [5, 5.41) is 23.0. The smallest absolute Gasteiger partial charge is 0.429 e. The normalized spacial score (nSPS) is 7.50. The lowest BCUT2D eigenvalue weighted by Crippen LogP contribution is -1.75. The van der Waals surface area contributed by atoms with Gasteiger partial charge >= 0.3 is 7.69 Å². The largest absolute Gasteiger partial charge is 0.482 e. The summed E-state index contributed by atoms with van der Waals surface area (Å²) in [6, 6.07) is 8.75. The second-order valence-electron chi connectivity index (χ2n) is 1.73. The first kappa shape index (κ1) is 11.0. The Morgan fingerprint density at radius 3 is 2.00 bits per heavy atom. The Bertz CT molecular complexity index is 257. The van der Waals surface area contributed by atoms with Gasteiger partial charge in [-0.1, -0.05) is 11.6 Å². The van der Waals surface area contributed by atoms with Crippen molar-refractivity contribution in [2.45, 2.75) is 0 Å². The Balaban J connectivity index is 0.000000354. The van der Waals surface area contributed by atoms with E-state index < -0.39 is 0 Å². The molecule has 0 bridgehead atoms. The highest BCUT2D eigenvalue weighted by molar-refractivity contribution is 6.30. The molecule has 1 aromatic carbocycles. The molecule has 3 nitrogen and oxygen atoms in total. The van der Waals surface area contributed by atoms with Gasteiger partial charge in [-0.15, -0.1) is 0 Å². The Labute approximate surface area is 76.1 Å². The van der Waals surface area contributed by atoms with Crippen molar-refractivity contribution in [1.82, 2.24) is 0 Å². The van der Waals surface area contributed by atoms with Crippen molar-refractivity contribution in [3.05, 3.63) is 34.9 Å². The first-order valence-electron chi connectivity index (χ1n) is 3.00. The van der Waals surface area contributed by atoms with E-state index in [0.717, 1.165) is 0 Å². The lowest BCUT2D eigenvalue weighted by atomic mass is 10.2. The minimum atomic E-state index is 0. The number of hydrogen-bond donors (Lipinski definition) is 2. The summed E-state index contributed by atoms with van der Waals surface area (Å²) in [5.41, 5.74) is 0.638. The van der Waals surface area contributed by atoms with Crippen LogP contribution in [0.15, 0.2) is 24.3 Å². The van der Waals surface area contributed by atoms with Crippen molar-refractivity contribution in [3.8, 4) is 6.07 Å². The molecular formula is C7H6BClNO2. The van der Waals surface area contributed by atoms with Gasteiger partial charge in [-0.3, -0.25) is 0 Å². The summed E-state index contributed by atoms with van der Waals surface area (Å²) in [4.78, 5) is 0. The lowest BCUT2D eigenvalue weighted by Gasteiger charge is -1.86. The fourth-order valence-electron chi connectivity index (χ4n) is 0.524. The molecule has 1 aromatic rings. The Morgan fingerprint density at radius 2 is 1.67 bits per heavy atom. The third-order valence-electron chi connectivity index (χ3n) is 0.973. The minimum Gasteiger partial charge on any atom is -0.429 e. The van der Waals surface area contributed by atoms with Crippen LogP contribution in [0.3, 0.4) is 0 Å². The molecule has 0 atom stereocenters. The van der Waals surface area contributed by atoms with Crippen LogP contribution in [-0.2, 0) is 0 Å². The first-order chi connectivity index (χ1) is 5.74. The van der Waals surface area contributed by atoms with E-state index in [1.54, 1.807) is 24.3 Å². The van der Waals surface area contributed by atoms with Crippen LogP contribution in [0.4, 0.5) is 0 Å². The maximum absolute atomic E-state index is 8.34. The van der Waals surface area contributed by atoms with E-state index >= 15 is 0 Å². The van der Waals surface area contributed by atoms with Gasteiger partial charge in [-0.2, -0.15) is 5.26 Å². The predicted octanol–water partition coefficient (Wildman–Crippen LogP) is 0.717. The molecule has 0 heterocycles. The van der Waals surface area contributed by atoms with Gasteiger partial charge in [0.05, 0.1) is 11.6 Å². The summed E-state index contributed by atoms with van der Waals surface area (Å²) in [5.74, 6) is 0. The van der Waals surface area contributed by atoms with Crippen LogP contribution in [0.2, 0.25) is 5.02 Å². The second-order valence-corrected chi connectivity index (χ2v) is 2.17. The number of nitriles is 1. The van der Waals surface area contributed by atoms with Crippen LogP contribution in [0.25, 0.3) is 0 Å². The third kappa shape index (κ3) is 4.75. The zero-order chi connectivity index (χ0) is 9.40. The molecule has 1 radical (unpaired) electrons. The average molecular weight is 182 g/mol. The van der Waals surface area contributed by atoms with E-state index in [2.05, 4.69) is 0 Å². The molecule has 0 unspecified atom stereocenters. The molecule has 1 rings (SSSR count). The summed E-state index contributed by atoms with van der Waals surface area (Å²) in [6.45, 7) is 0. The molecular weight excluding hydrogens is 176 g/mol. The fraction of sp³-hybridized carbons (Fsp3) is 0. The molecule has 12 heavy (non-hydrogen) atoms. The average Bonchev–Trinajstić information content (AvgIpc) is 2.07. The Hall–Kier alpha value is -1.02. The van der Waals surface area contributed by atoms with Gasteiger partial charge in [0.25, 0.3) is 0 Å². The second kappa shape index (κ2) is 6.68. The van der Waals surface area contributed by atoms with Gasteiger partial charge in [0.2, 0.25) is 0 Å². The van der Waals surface area contributed by atoms with Gasteiger partial charge in [0, 0.05) is 5.02 Å². The Morgan fingerprint density at radius 1 is 1.25 bits per heavy atom. The lowest BCUT2D eigenvalue weighted by molar-refractivity contribution is 0.448. The summed E-state index contributed by atoms with van der Waals surface area (Å²) in [6.07, 6.45) is 0.